The molecule has 0 radical (unpaired) electrons. The molecule has 2 aromatic carbocycles. The molecule has 1 aliphatic heterocycles. The minimum absolute atomic E-state index is 0.0448. The Hall–Kier alpha value is -5.92. The summed E-state index contributed by atoms with van der Waals surface area (Å²) < 4.78 is 57.4. The molecular formula is C43H51N11O6S2. The van der Waals surface area contributed by atoms with Gasteiger partial charge in [-0.1, -0.05) is 12.1 Å². The Labute approximate surface area is 359 Å². The van der Waals surface area contributed by atoms with E-state index in [0.29, 0.717) is 69.1 Å². The summed E-state index contributed by atoms with van der Waals surface area (Å²) in [6, 6.07) is 13.1. The number of sulfone groups is 2. The first-order chi connectivity index (χ1) is 29.5. The topological polar surface area (TPSA) is 215 Å². The molecule has 4 N–H and O–H groups in total. The third-order valence-corrected chi connectivity index (χ3v) is 14.4. The van der Waals surface area contributed by atoms with Crippen molar-refractivity contribution in [3.63, 3.8) is 0 Å². The molecule has 1 aliphatic carbocycles. The Morgan fingerprint density at radius 2 is 1.34 bits per heavy atom. The highest BCUT2D eigenvalue weighted by atomic mass is 32.2. The molecule has 2 unspecified atom stereocenters. The van der Waals surface area contributed by atoms with Gasteiger partial charge in [-0.3, -0.25) is 9.59 Å². The zero-order valence-corrected chi connectivity index (χ0v) is 37.2. The van der Waals surface area contributed by atoms with Crippen molar-refractivity contribution in [2.45, 2.75) is 55.0 Å². The Kier molecular flexibility index (Phi) is 11.5. The number of benzene rings is 2. The molecule has 1 saturated carbocycles. The molecule has 19 heteroatoms. The summed E-state index contributed by atoms with van der Waals surface area (Å²) in [6.45, 7) is 7.24. The molecule has 2 fully saturated rings. The van der Waals surface area contributed by atoms with Crippen molar-refractivity contribution in [2.24, 2.45) is 20.0 Å². The lowest BCUT2D eigenvalue weighted by atomic mass is 10.1. The van der Waals surface area contributed by atoms with Crippen LogP contribution < -0.4 is 32.4 Å². The molecule has 326 valence electrons. The average molecular weight is 882 g/mol. The number of aryl methyl sites for hydroxylation is 2. The van der Waals surface area contributed by atoms with Crippen LogP contribution in [0.2, 0.25) is 0 Å². The largest absolute Gasteiger partial charge is 0.387 e. The van der Waals surface area contributed by atoms with Crippen molar-refractivity contribution < 1.29 is 16.8 Å². The Bertz CT molecular complexity index is 3070. The third kappa shape index (κ3) is 8.73. The van der Waals surface area contributed by atoms with Crippen LogP contribution in [0.4, 0.5) is 23.0 Å². The smallest absolute Gasteiger partial charge is 0.264 e. The first-order valence-electron chi connectivity index (χ1n) is 20.6. The molecule has 5 heterocycles. The number of pyridine rings is 2. The van der Waals surface area contributed by atoms with Crippen LogP contribution in [0.1, 0.15) is 33.1 Å². The van der Waals surface area contributed by atoms with Gasteiger partial charge in [-0.15, -0.1) is 0 Å². The van der Waals surface area contributed by atoms with Gasteiger partial charge in [0, 0.05) is 63.7 Å². The van der Waals surface area contributed by atoms with Crippen LogP contribution in [0.5, 0.6) is 0 Å². The molecule has 0 spiro atoms. The van der Waals surface area contributed by atoms with Gasteiger partial charge in [-0.25, -0.2) is 36.8 Å². The van der Waals surface area contributed by atoms with E-state index >= 15 is 0 Å². The van der Waals surface area contributed by atoms with Crippen LogP contribution in [0.25, 0.3) is 44.3 Å². The van der Waals surface area contributed by atoms with E-state index in [2.05, 4.69) is 36.1 Å². The summed E-state index contributed by atoms with van der Waals surface area (Å²) in [5.74, 6) is 0.0912. The fraction of sp³-hybridized carbons (Fsp3) is 0.395. The van der Waals surface area contributed by atoms with E-state index in [1.165, 1.54) is 27.9 Å². The molecule has 8 rings (SSSR count). The second-order valence-electron chi connectivity index (χ2n) is 16.6. The zero-order valence-electron chi connectivity index (χ0n) is 35.6. The highest BCUT2D eigenvalue weighted by molar-refractivity contribution is 7.91. The molecule has 62 heavy (non-hydrogen) atoms. The summed E-state index contributed by atoms with van der Waals surface area (Å²) in [5, 5.41) is 13.5. The number of anilines is 4. The number of hydrogen-bond donors (Lipinski definition) is 4. The van der Waals surface area contributed by atoms with Crippen molar-refractivity contribution in [3.05, 3.63) is 81.9 Å². The number of likely N-dealkylation sites (tertiary alicyclic amines) is 1. The molecule has 6 aromatic rings. The fourth-order valence-corrected chi connectivity index (χ4v) is 10.8. The first kappa shape index (κ1) is 42.8. The minimum atomic E-state index is -3.94. The first-order valence-corrected chi connectivity index (χ1v) is 24.2. The molecular weight excluding hydrogens is 831 g/mol. The monoisotopic (exact) mass is 881 g/mol. The Morgan fingerprint density at radius 3 is 1.92 bits per heavy atom. The van der Waals surface area contributed by atoms with E-state index in [9.17, 15) is 26.4 Å². The maximum atomic E-state index is 14.6. The second-order valence-corrected chi connectivity index (χ2v) is 20.6. The van der Waals surface area contributed by atoms with Crippen LogP contribution in [0.15, 0.2) is 80.6 Å². The van der Waals surface area contributed by atoms with Crippen molar-refractivity contribution in [1.29, 1.82) is 0 Å². The van der Waals surface area contributed by atoms with Crippen molar-refractivity contribution in [2.75, 3.05) is 66.5 Å². The van der Waals surface area contributed by atoms with E-state index < -0.39 is 19.7 Å². The fourth-order valence-electron chi connectivity index (χ4n) is 8.01. The number of nitrogens with one attached hydrogen (secondary N) is 4. The molecule has 17 nitrogen and oxygen atoms in total. The number of aromatic nitrogens is 6. The maximum Gasteiger partial charge on any atom is 0.264 e. The molecule has 0 amide bonds. The minimum Gasteiger partial charge on any atom is -0.387 e. The summed E-state index contributed by atoms with van der Waals surface area (Å²) in [7, 11) is -2.69. The predicted molar refractivity (Wildman–Crippen MR) is 244 cm³/mol. The number of fused-ring (bicyclic) bond motifs is 2. The summed E-state index contributed by atoms with van der Waals surface area (Å²) in [5.41, 5.74) is 3.03. The molecule has 0 bridgehead atoms. The SMILES string of the molecule is CNc1ccc(-c2cc3ncn(C)c(=O)c3c(NC3CC3CS(=O)(=O)c3cc(-c4cc5ncn(C)c(=O)c5c(NC(C)C)n4)ccc3NCCN3CCCC3)n2)cc1S(C)(=O)=O. The quantitative estimate of drug-likeness (QED) is 0.113. The van der Waals surface area contributed by atoms with Crippen molar-refractivity contribution in [3.8, 4) is 22.5 Å². The predicted octanol–water partition coefficient (Wildman–Crippen LogP) is 4.35. The molecule has 1 saturated heterocycles. The average Bonchev–Trinajstić information content (AvgIpc) is 3.70. The van der Waals surface area contributed by atoms with Gasteiger partial charge in [0.15, 0.2) is 19.7 Å². The van der Waals surface area contributed by atoms with Crippen LogP contribution in [0.3, 0.4) is 0 Å². The van der Waals surface area contributed by atoms with Gasteiger partial charge in [-0.2, -0.15) is 0 Å². The lowest BCUT2D eigenvalue weighted by Gasteiger charge is -2.18. The van der Waals surface area contributed by atoms with Crippen LogP contribution in [-0.4, -0.2) is 108 Å². The number of rotatable bonds is 15. The lowest BCUT2D eigenvalue weighted by Crippen LogP contribution is -2.26. The molecule has 2 atom stereocenters. The Morgan fingerprint density at radius 1 is 0.774 bits per heavy atom. The number of nitrogens with zero attached hydrogens (tertiary/aromatic N) is 7. The van der Waals surface area contributed by atoms with E-state index in [1.807, 2.05) is 19.9 Å². The lowest BCUT2D eigenvalue weighted by molar-refractivity contribution is 0.352. The summed E-state index contributed by atoms with van der Waals surface area (Å²) in [4.78, 5) is 48.0. The van der Waals surface area contributed by atoms with Gasteiger partial charge < -0.3 is 35.3 Å². The Balaban J connectivity index is 1.12. The van der Waals surface area contributed by atoms with Gasteiger partial charge in [0.25, 0.3) is 11.1 Å². The summed E-state index contributed by atoms with van der Waals surface area (Å²) >= 11 is 0. The normalized spacial score (nSPS) is 16.9. The van der Waals surface area contributed by atoms with Crippen molar-refractivity contribution >= 4 is 64.5 Å². The molecule has 2 aliphatic rings. The standard InChI is InChI=1S/C43H51N11O6S2/c1-25(2)48-40-38-34(46-23-52(4)42(38)55)21-33(50-40)27-10-12-30(45-13-16-54-14-7-8-15-54)37(19-27)62(59,60)22-28-17-31(28)49-41-39-35(47-24-53(5)43(39)56)20-32(51-41)26-9-11-29(44-3)36(18-26)61(6,57)58/h9-12,18-21,23-25,28,31,44-45H,7-8,13-17,22H2,1-6H3,(H,48,50)(H,49,51). The molecule has 4 aromatic heterocycles. The van der Waals surface area contributed by atoms with Gasteiger partial charge in [0.2, 0.25) is 0 Å². The maximum absolute atomic E-state index is 14.6. The van der Waals surface area contributed by atoms with Gasteiger partial charge in [0.1, 0.15) is 22.4 Å². The van der Waals surface area contributed by atoms with Gasteiger partial charge in [-0.05, 0) is 88.5 Å². The van der Waals surface area contributed by atoms with Gasteiger partial charge in [0.05, 0.1) is 62.0 Å². The van der Waals surface area contributed by atoms with Crippen molar-refractivity contribution in [1.82, 2.24) is 34.0 Å². The highest BCUT2D eigenvalue weighted by Gasteiger charge is 2.42. The van der Waals surface area contributed by atoms with E-state index in [1.54, 1.807) is 57.5 Å². The van der Waals surface area contributed by atoms with Crippen LogP contribution >= 0.6 is 0 Å². The van der Waals surface area contributed by atoms with E-state index in [0.717, 1.165) is 38.7 Å². The third-order valence-electron chi connectivity index (χ3n) is 11.4. The highest BCUT2D eigenvalue weighted by Crippen LogP contribution is 2.40. The van der Waals surface area contributed by atoms with E-state index in [-0.39, 0.29) is 55.9 Å². The van der Waals surface area contributed by atoms with Crippen LogP contribution in [-0.2, 0) is 33.8 Å². The summed E-state index contributed by atoms with van der Waals surface area (Å²) in [6.07, 6.45) is 6.79. The zero-order chi connectivity index (χ0) is 44.1. The second kappa shape index (κ2) is 16.7. The number of hydrogen-bond acceptors (Lipinski definition) is 15. The van der Waals surface area contributed by atoms with Gasteiger partial charge >= 0.3 is 0 Å². The van der Waals surface area contributed by atoms with Crippen LogP contribution in [0, 0.1) is 5.92 Å². The van der Waals surface area contributed by atoms with E-state index in [4.69, 9.17) is 9.97 Å².